The normalized spacial score (nSPS) is 9.17. The van der Waals surface area contributed by atoms with Crippen LogP contribution in [0.4, 0.5) is 0 Å². The fourth-order valence-electron chi connectivity index (χ4n) is 1.08. The van der Waals surface area contributed by atoms with Crippen LogP contribution in [0.25, 0.3) is 0 Å². The minimum absolute atomic E-state index is 0.593. The van der Waals surface area contributed by atoms with Gasteiger partial charge in [-0.2, -0.15) is 0 Å². The smallest absolute Gasteiger partial charge is 0.00997 e. The zero-order valence-electron chi connectivity index (χ0n) is 8.16. The maximum absolute atomic E-state index is 6.95. The van der Waals surface area contributed by atoms with Gasteiger partial charge in [0.1, 0.15) is 0 Å². The molecule has 0 rings (SSSR count). The zero-order valence-corrected chi connectivity index (χ0v) is 8.16. The highest BCUT2D eigenvalue weighted by Crippen LogP contribution is 2.03. The van der Waals surface area contributed by atoms with E-state index in [9.17, 15) is 0 Å². The Balaban J connectivity index is 2.91. The van der Waals surface area contributed by atoms with E-state index in [4.69, 9.17) is 5.73 Å². The van der Waals surface area contributed by atoms with Crippen molar-refractivity contribution in [2.75, 3.05) is 6.54 Å². The van der Waals surface area contributed by atoms with E-state index in [-0.39, 0.29) is 0 Å². The lowest BCUT2D eigenvalue weighted by Crippen LogP contribution is -1.85. The number of hydrogen-bond donors (Lipinski definition) is 0. The van der Waals surface area contributed by atoms with Crippen molar-refractivity contribution in [3.63, 3.8) is 0 Å². The Hall–Kier alpha value is -0.480. The van der Waals surface area contributed by atoms with Gasteiger partial charge in [-0.3, -0.25) is 5.73 Å². The number of hydrogen-bond acceptors (Lipinski definition) is 0. The summed E-state index contributed by atoms with van der Waals surface area (Å²) >= 11 is 0. The molecule has 1 heteroatoms. The molecule has 0 aliphatic heterocycles. The first-order chi connectivity index (χ1) is 5.91. The second kappa shape index (κ2) is 10.5. The number of rotatable bonds is 6. The van der Waals surface area contributed by atoms with Crippen LogP contribution in [-0.2, 0) is 0 Å². The summed E-state index contributed by atoms with van der Waals surface area (Å²) in [6, 6.07) is 0. The first kappa shape index (κ1) is 11.5. The molecule has 12 heavy (non-hydrogen) atoms. The highest BCUT2D eigenvalue weighted by atomic mass is 14.5. The Bertz CT molecular complexity index is 130. The van der Waals surface area contributed by atoms with E-state index in [1.54, 1.807) is 0 Å². The molecule has 0 atom stereocenters. The molecule has 0 aliphatic rings. The Morgan fingerprint density at radius 1 is 0.917 bits per heavy atom. The van der Waals surface area contributed by atoms with Gasteiger partial charge in [0, 0.05) is 19.4 Å². The molecule has 0 bridgehead atoms. The van der Waals surface area contributed by atoms with Crippen LogP contribution in [0.5, 0.6) is 0 Å². The molecule has 0 amide bonds. The maximum Gasteiger partial charge on any atom is 0.00997 e. The van der Waals surface area contributed by atoms with E-state index in [1.165, 1.54) is 25.7 Å². The Morgan fingerprint density at radius 2 is 1.58 bits per heavy atom. The van der Waals surface area contributed by atoms with Crippen LogP contribution in [0.3, 0.4) is 0 Å². The van der Waals surface area contributed by atoms with Crippen molar-refractivity contribution in [2.24, 2.45) is 0 Å². The molecule has 1 N–H and O–H groups in total. The van der Waals surface area contributed by atoms with Crippen LogP contribution < -0.4 is 5.73 Å². The van der Waals surface area contributed by atoms with Gasteiger partial charge in [-0.05, 0) is 12.8 Å². The zero-order chi connectivity index (χ0) is 9.07. The molecule has 69 valence electrons. The molecule has 0 aliphatic carbocycles. The second-order valence-electron chi connectivity index (χ2n) is 2.97. The summed E-state index contributed by atoms with van der Waals surface area (Å²) in [5.41, 5.74) is 6.95. The molecule has 0 saturated heterocycles. The SMILES string of the molecule is CCC#CCCCCCCC[NH]. The molecule has 1 radical (unpaired) electrons. The van der Waals surface area contributed by atoms with E-state index in [1.807, 2.05) is 0 Å². The lowest BCUT2D eigenvalue weighted by atomic mass is 10.1. The van der Waals surface area contributed by atoms with E-state index >= 15 is 0 Å². The van der Waals surface area contributed by atoms with Crippen LogP contribution in [0, 0.1) is 11.8 Å². The summed E-state index contributed by atoms with van der Waals surface area (Å²) in [6.45, 7) is 2.68. The van der Waals surface area contributed by atoms with Gasteiger partial charge in [0.15, 0.2) is 0 Å². The van der Waals surface area contributed by atoms with E-state index < -0.39 is 0 Å². The first-order valence-corrected chi connectivity index (χ1v) is 5.02. The minimum atomic E-state index is 0.593. The fraction of sp³-hybridized carbons (Fsp3) is 0.818. The molecule has 0 saturated carbocycles. The third-order valence-electron chi connectivity index (χ3n) is 1.78. The Labute approximate surface area is 76.7 Å². The highest BCUT2D eigenvalue weighted by molar-refractivity contribution is 4.97. The Kier molecular flexibility index (Phi) is 10.1. The average Bonchev–Trinajstić information content (AvgIpc) is 2.10. The summed E-state index contributed by atoms with van der Waals surface area (Å²) in [5, 5.41) is 0. The highest BCUT2D eigenvalue weighted by Gasteiger charge is 1.87. The predicted molar refractivity (Wildman–Crippen MR) is 53.7 cm³/mol. The second-order valence-corrected chi connectivity index (χ2v) is 2.97. The van der Waals surface area contributed by atoms with Crippen LogP contribution >= 0.6 is 0 Å². The number of unbranched alkanes of at least 4 members (excludes halogenated alkanes) is 5. The van der Waals surface area contributed by atoms with Gasteiger partial charge in [0.25, 0.3) is 0 Å². The largest absolute Gasteiger partial charge is 0.258 e. The minimum Gasteiger partial charge on any atom is -0.258 e. The van der Waals surface area contributed by atoms with Crippen LogP contribution in [0.1, 0.15) is 51.9 Å². The summed E-state index contributed by atoms with van der Waals surface area (Å²) in [6.07, 6.45) is 8.16. The van der Waals surface area contributed by atoms with Crippen molar-refractivity contribution in [1.29, 1.82) is 0 Å². The molecule has 0 heterocycles. The summed E-state index contributed by atoms with van der Waals surface area (Å²) in [5.74, 6) is 6.21. The quantitative estimate of drug-likeness (QED) is 0.428. The van der Waals surface area contributed by atoms with Gasteiger partial charge in [0.05, 0.1) is 0 Å². The van der Waals surface area contributed by atoms with Crippen molar-refractivity contribution in [2.45, 2.75) is 51.9 Å². The lowest BCUT2D eigenvalue weighted by molar-refractivity contribution is 0.622. The summed E-state index contributed by atoms with van der Waals surface area (Å²) in [4.78, 5) is 0. The van der Waals surface area contributed by atoms with Gasteiger partial charge in [-0.25, -0.2) is 0 Å². The third-order valence-corrected chi connectivity index (χ3v) is 1.78. The summed E-state index contributed by atoms with van der Waals surface area (Å²) < 4.78 is 0. The molecular weight excluding hydrogens is 146 g/mol. The van der Waals surface area contributed by atoms with Gasteiger partial charge in [0.2, 0.25) is 0 Å². The van der Waals surface area contributed by atoms with Gasteiger partial charge in [-0.15, -0.1) is 11.8 Å². The van der Waals surface area contributed by atoms with Gasteiger partial charge in [-0.1, -0.05) is 26.2 Å². The maximum atomic E-state index is 6.95. The molecule has 1 nitrogen and oxygen atoms in total. The Morgan fingerprint density at radius 3 is 2.25 bits per heavy atom. The van der Waals surface area contributed by atoms with Gasteiger partial charge < -0.3 is 0 Å². The topological polar surface area (TPSA) is 23.8 Å². The number of nitrogens with one attached hydrogen (secondary N) is 1. The van der Waals surface area contributed by atoms with Crippen LogP contribution in [0.2, 0.25) is 0 Å². The first-order valence-electron chi connectivity index (χ1n) is 5.02. The van der Waals surface area contributed by atoms with Crippen LogP contribution in [0.15, 0.2) is 0 Å². The van der Waals surface area contributed by atoms with E-state index in [2.05, 4.69) is 18.8 Å². The van der Waals surface area contributed by atoms with E-state index in [0.29, 0.717) is 6.54 Å². The van der Waals surface area contributed by atoms with Crippen molar-refractivity contribution >= 4 is 0 Å². The molecule has 0 aromatic heterocycles. The van der Waals surface area contributed by atoms with Crippen molar-refractivity contribution in [3.05, 3.63) is 0 Å². The average molecular weight is 166 g/mol. The summed E-state index contributed by atoms with van der Waals surface area (Å²) in [7, 11) is 0. The standard InChI is InChI=1S/C11H20N/c1-2-3-4-5-6-7-8-9-10-11-12/h12H,2,5-11H2,1H3. The molecular formula is C11H20N. The molecule has 0 aromatic rings. The van der Waals surface area contributed by atoms with Crippen molar-refractivity contribution < 1.29 is 0 Å². The fourth-order valence-corrected chi connectivity index (χ4v) is 1.08. The predicted octanol–water partition coefficient (Wildman–Crippen LogP) is 3.02. The monoisotopic (exact) mass is 166 g/mol. The van der Waals surface area contributed by atoms with E-state index in [0.717, 1.165) is 19.3 Å². The molecule has 0 fully saturated rings. The lowest BCUT2D eigenvalue weighted by Gasteiger charge is -1.95. The molecule has 0 spiro atoms. The van der Waals surface area contributed by atoms with Crippen molar-refractivity contribution in [3.8, 4) is 11.8 Å². The molecule has 0 aromatic carbocycles. The van der Waals surface area contributed by atoms with Crippen LogP contribution in [-0.4, -0.2) is 6.54 Å². The molecule has 0 unspecified atom stereocenters. The third kappa shape index (κ3) is 9.52. The van der Waals surface area contributed by atoms with Gasteiger partial charge >= 0.3 is 0 Å². The van der Waals surface area contributed by atoms with Crippen molar-refractivity contribution in [1.82, 2.24) is 5.73 Å².